The van der Waals surface area contributed by atoms with Crippen LogP contribution in [0.3, 0.4) is 0 Å². The van der Waals surface area contributed by atoms with E-state index in [2.05, 4.69) is 21.9 Å². The number of nitrogens with one attached hydrogen (secondary N) is 1. The quantitative estimate of drug-likeness (QED) is 0.788. The largest absolute Gasteiger partial charge is 0.328 e. The molecule has 0 aromatic heterocycles. The van der Waals surface area contributed by atoms with Gasteiger partial charge in [0.2, 0.25) is 5.96 Å². The van der Waals surface area contributed by atoms with Crippen LogP contribution in [-0.4, -0.2) is 35.1 Å². The van der Waals surface area contributed by atoms with Crippen LogP contribution in [0.25, 0.3) is 0 Å². The van der Waals surface area contributed by atoms with Gasteiger partial charge >= 0.3 is 0 Å². The Labute approximate surface area is 167 Å². The topological polar surface area (TPSA) is 57.1 Å². The van der Waals surface area contributed by atoms with E-state index in [-0.39, 0.29) is 5.78 Å². The third-order valence-corrected chi connectivity index (χ3v) is 5.90. The van der Waals surface area contributed by atoms with E-state index in [0.717, 1.165) is 16.7 Å². The summed E-state index contributed by atoms with van der Waals surface area (Å²) in [6.07, 6.45) is 4.25. The van der Waals surface area contributed by atoms with E-state index < -0.39 is 5.54 Å². The van der Waals surface area contributed by atoms with Gasteiger partial charge in [0.25, 0.3) is 0 Å². The van der Waals surface area contributed by atoms with Crippen LogP contribution in [-0.2, 0) is 4.79 Å². The van der Waals surface area contributed by atoms with Crippen LogP contribution in [0.2, 0.25) is 10.0 Å². The number of benzene rings is 1. The molecule has 0 bridgehead atoms. The minimum atomic E-state index is -0.728. The number of anilines is 1. The number of amidine groups is 1. The summed E-state index contributed by atoms with van der Waals surface area (Å²) in [7, 11) is 1.90. The first kappa shape index (κ1) is 18.0. The van der Waals surface area contributed by atoms with Crippen molar-refractivity contribution in [3.05, 3.63) is 63.8 Å². The number of rotatable bonds is 2. The van der Waals surface area contributed by atoms with Gasteiger partial charge in [-0.05, 0) is 35.8 Å². The van der Waals surface area contributed by atoms with Crippen molar-refractivity contribution in [2.24, 2.45) is 9.98 Å². The van der Waals surface area contributed by atoms with E-state index in [1.807, 2.05) is 18.9 Å². The van der Waals surface area contributed by atoms with E-state index in [4.69, 9.17) is 23.2 Å². The third-order valence-electron chi connectivity index (χ3n) is 5.27. The molecule has 0 radical (unpaired) electrons. The van der Waals surface area contributed by atoms with Crippen LogP contribution >= 0.6 is 23.2 Å². The standard InChI is InChI=1S/C20H18Cl2N4O/c1-4-12-8-13(27)9-20-16(12)11(2)10-23-18(20)25-19(26(20)3)24-17-14(21)6-5-7-15(17)22/h4-7,10H,1,8-9H2,2-3H3,(H,23,24,25). The van der Waals surface area contributed by atoms with Crippen molar-refractivity contribution in [2.75, 3.05) is 12.4 Å². The predicted octanol–water partition coefficient (Wildman–Crippen LogP) is 4.61. The van der Waals surface area contributed by atoms with Crippen molar-refractivity contribution in [1.82, 2.24) is 4.90 Å². The second kappa shape index (κ2) is 6.36. The Morgan fingerprint density at radius 3 is 2.70 bits per heavy atom. The molecule has 0 amide bonds. The van der Waals surface area contributed by atoms with Gasteiger partial charge in [-0.3, -0.25) is 4.79 Å². The Hall–Kier alpha value is -2.37. The summed E-state index contributed by atoms with van der Waals surface area (Å²) >= 11 is 12.6. The minimum Gasteiger partial charge on any atom is -0.328 e. The van der Waals surface area contributed by atoms with Gasteiger partial charge in [0, 0.05) is 26.1 Å². The molecule has 1 aromatic carbocycles. The molecule has 7 heteroatoms. The third kappa shape index (κ3) is 2.57. The lowest BCUT2D eigenvalue weighted by Crippen LogP contribution is -2.56. The molecule has 27 heavy (non-hydrogen) atoms. The highest BCUT2D eigenvalue weighted by atomic mass is 35.5. The van der Waals surface area contributed by atoms with Crippen LogP contribution in [0.4, 0.5) is 5.69 Å². The maximum Gasteiger partial charge on any atom is 0.205 e. The van der Waals surface area contributed by atoms with E-state index in [1.54, 1.807) is 30.5 Å². The fraction of sp³-hybridized carbons (Fsp3) is 0.250. The van der Waals surface area contributed by atoms with E-state index in [0.29, 0.717) is 40.4 Å². The number of halogens is 2. The average molecular weight is 401 g/mol. The second-order valence-electron chi connectivity index (χ2n) is 6.84. The number of nitrogens with zero attached hydrogens (tertiary/aromatic N) is 3. The van der Waals surface area contributed by atoms with Gasteiger partial charge in [0.05, 0.1) is 15.7 Å². The van der Waals surface area contributed by atoms with E-state index in [1.165, 1.54) is 0 Å². The highest BCUT2D eigenvalue weighted by molar-refractivity contribution is 6.40. The Morgan fingerprint density at radius 1 is 1.33 bits per heavy atom. The zero-order valence-corrected chi connectivity index (χ0v) is 16.5. The molecule has 1 aromatic rings. The smallest absolute Gasteiger partial charge is 0.205 e. The van der Waals surface area contributed by atoms with Gasteiger partial charge in [0.15, 0.2) is 5.84 Å². The summed E-state index contributed by atoms with van der Waals surface area (Å²) < 4.78 is 0. The molecule has 0 saturated carbocycles. The number of carbonyl (C=O) groups excluding carboxylic acids is 1. The van der Waals surface area contributed by atoms with Crippen molar-refractivity contribution in [2.45, 2.75) is 25.3 Å². The van der Waals surface area contributed by atoms with Gasteiger partial charge in [0.1, 0.15) is 11.3 Å². The molecule has 3 aliphatic rings. The highest BCUT2D eigenvalue weighted by Gasteiger charge is 2.55. The second-order valence-corrected chi connectivity index (χ2v) is 7.65. The summed E-state index contributed by atoms with van der Waals surface area (Å²) in [5, 5.41) is 4.20. The lowest BCUT2D eigenvalue weighted by Gasteiger charge is -2.44. The van der Waals surface area contributed by atoms with Gasteiger partial charge < -0.3 is 10.2 Å². The molecule has 1 atom stereocenters. The maximum absolute atomic E-state index is 12.6. The van der Waals surface area contributed by atoms with Gasteiger partial charge in [-0.15, -0.1) is 0 Å². The number of Topliss-reactive ketones (excluding diaryl/α,β-unsaturated/α-hetero) is 1. The minimum absolute atomic E-state index is 0.134. The highest BCUT2D eigenvalue weighted by Crippen LogP contribution is 2.46. The normalized spacial score (nSPS) is 24.1. The predicted molar refractivity (Wildman–Crippen MR) is 111 cm³/mol. The van der Waals surface area contributed by atoms with Gasteiger partial charge in [-0.1, -0.05) is 41.9 Å². The van der Waals surface area contributed by atoms with Crippen LogP contribution in [0.1, 0.15) is 19.8 Å². The van der Waals surface area contributed by atoms with Crippen molar-refractivity contribution >= 4 is 46.5 Å². The molecule has 1 N–H and O–H groups in total. The van der Waals surface area contributed by atoms with Crippen LogP contribution in [0, 0.1) is 0 Å². The number of allylic oxidation sites excluding steroid dienone is 2. The fourth-order valence-electron chi connectivity index (χ4n) is 4.03. The summed E-state index contributed by atoms with van der Waals surface area (Å²) in [6.45, 7) is 5.91. The zero-order chi connectivity index (χ0) is 19.3. The maximum atomic E-state index is 12.6. The monoisotopic (exact) mass is 400 g/mol. The van der Waals surface area contributed by atoms with Gasteiger partial charge in [-0.25, -0.2) is 4.99 Å². The molecule has 4 rings (SSSR count). The molecule has 1 aliphatic carbocycles. The summed E-state index contributed by atoms with van der Waals surface area (Å²) in [6, 6.07) is 5.29. The number of hydrogen-bond acceptors (Lipinski definition) is 5. The first-order valence-electron chi connectivity index (χ1n) is 8.55. The Kier molecular flexibility index (Phi) is 4.24. The number of guanidine groups is 1. The number of ketones is 1. The summed E-state index contributed by atoms with van der Waals surface area (Å²) in [5.41, 5.74) is 2.83. The summed E-state index contributed by atoms with van der Waals surface area (Å²) in [4.78, 5) is 23.7. The van der Waals surface area contributed by atoms with Crippen molar-refractivity contribution < 1.29 is 4.79 Å². The Morgan fingerprint density at radius 2 is 2.04 bits per heavy atom. The number of likely N-dealkylation sites (N-methyl/N-ethyl adjacent to an activating group) is 1. The Balaban J connectivity index is 1.84. The van der Waals surface area contributed by atoms with Crippen molar-refractivity contribution in [1.29, 1.82) is 0 Å². The number of carbonyl (C=O) groups is 1. The van der Waals surface area contributed by atoms with Gasteiger partial charge in [-0.2, -0.15) is 4.99 Å². The van der Waals surface area contributed by atoms with E-state index in [9.17, 15) is 4.79 Å². The molecular formula is C20H18Cl2N4O. The number of hydrogen-bond donors (Lipinski definition) is 1. The van der Waals surface area contributed by atoms with Crippen molar-refractivity contribution in [3.8, 4) is 0 Å². The first-order valence-corrected chi connectivity index (χ1v) is 9.31. The number of aliphatic imine (C=N–C) groups is 2. The molecule has 5 nitrogen and oxygen atoms in total. The molecule has 0 saturated heterocycles. The first-order chi connectivity index (χ1) is 12.9. The van der Waals surface area contributed by atoms with Crippen LogP contribution < -0.4 is 5.32 Å². The molecular weight excluding hydrogens is 383 g/mol. The Bertz CT molecular complexity index is 985. The molecule has 1 unspecified atom stereocenters. The molecule has 138 valence electrons. The fourth-order valence-corrected chi connectivity index (χ4v) is 4.52. The molecule has 0 fully saturated rings. The lowest BCUT2D eigenvalue weighted by molar-refractivity contribution is -0.119. The molecule has 2 aliphatic heterocycles. The SMILES string of the molecule is C=CC1=C2C(C)=CN=C3N=C(Nc4c(Cl)cccc4Cl)N(C)C32CC(=O)C1. The summed E-state index contributed by atoms with van der Waals surface area (Å²) in [5.74, 6) is 1.27. The molecule has 1 spiro atoms. The number of para-hydroxylation sites is 1. The average Bonchev–Trinajstić information content (AvgIpc) is 2.89. The molecule has 2 heterocycles. The zero-order valence-electron chi connectivity index (χ0n) is 15.0. The van der Waals surface area contributed by atoms with Crippen molar-refractivity contribution in [3.63, 3.8) is 0 Å². The van der Waals surface area contributed by atoms with Crippen LogP contribution in [0.5, 0.6) is 0 Å². The van der Waals surface area contributed by atoms with E-state index >= 15 is 0 Å². The van der Waals surface area contributed by atoms with Crippen LogP contribution in [0.15, 0.2) is 63.8 Å². The lowest BCUT2D eigenvalue weighted by atomic mass is 9.71.